The SMILES string of the molecule is CC(OC(=O)c1cccc([N+](=O)[O-])c1)C(=O)NC(C)(C)C. The number of carbonyl (C=O) groups excluding carboxylic acids is 2. The topological polar surface area (TPSA) is 98.5 Å². The molecule has 114 valence electrons. The summed E-state index contributed by atoms with van der Waals surface area (Å²) in [5.74, 6) is -1.21. The maximum atomic E-state index is 11.9. The van der Waals surface area contributed by atoms with Crippen molar-refractivity contribution in [2.24, 2.45) is 0 Å². The van der Waals surface area contributed by atoms with Crippen LogP contribution in [-0.2, 0) is 9.53 Å². The van der Waals surface area contributed by atoms with E-state index < -0.39 is 28.4 Å². The van der Waals surface area contributed by atoms with E-state index in [1.165, 1.54) is 25.1 Å². The van der Waals surface area contributed by atoms with Crippen LogP contribution in [0.15, 0.2) is 24.3 Å². The van der Waals surface area contributed by atoms with Crippen LogP contribution in [0.4, 0.5) is 5.69 Å². The molecule has 7 heteroatoms. The minimum Gasteiger partial charge on any atom is -0.449 e. The molecule has 1 atom stereocenters. The van der Waals surface area contributed by atoms with Crippen molar-refractivity contribution in [2.75, 3.05) is 0 Å². The zero-order valence-electron chi connectivity index (χ0n) is 12.4. The molecule has 7 nitrogen and oxygen atoms in total. The van der Waals surface area contributed by atoms with E-state index in [0.717, 1.165) is 6.07 Å². The molecule has 0 spiro atoms. The first kappa shape index (κ1) is 16.6. The van der Waals surface area contributed by atoms with E-state index in [4.69, 9.17) is 4.74 Å². The first-order chi connectivity index (χ1) is 9.60. The van der Waals surface area contributed by atoms with Gasteiger partial charge in [-0.05, 0) is 33.8 Å². The largest absolute Gasteiger partial charge is 0.449 e. The smallest absolute Gasteiger partial charge is 0.339 e. The highest BCUT2D eigenvalue weighted by Gasteiger charge is 2.23. The lowest BCUT2D eigenvalue weighted by atomic mass is 10.1. The standard InChI is InChI=1S/C14H18N2O5/c1-9(12(17)15-14(2,3)4)21-13(18)10-6-5-7-11(8-10)16(19)20/h5-9H,1-4H3,(H,15,17). The third-order valence-corrected chi connectivity index (χ3v) is 2.44. The Hall–Kier alpha value is -2.44. The zero-order chi connectivity index (χ0) is 16.2. The van der Waals surface area contributed by atoms with Crippen LogP contribution in [-0.4, -0.2) is 28.4 Å². The van der Waals surface area contributed by atoms with Crippen molar-refractivity contribution >= 4 is 17.6 Å². The normalized spacial score (nSPS) is 12.4. The van der Waals surface area contributed by atoms with Crippen molar-refractivity contribution in [3.8, 4) is 0 Å². The monoisotopic (exact) mass is 294 g/mol. The molecule has 0 saturated carbocycles. The zero-order valence-corrected chi connectivity index (χ0v) is 12.4. The second-order valence-corrected chi connectivity index (χ2v) is 5.59. The lowest BCUT2D eigenvalue weighted by Crippen LogP contribution is -2.46. The minimum atomic E-state index is -0.990. The van der Waals surface area contributed by atoms with Crippen molar-refractivity contribution < 1.29 is 19.2 Å². The quantitative estimate of drug-likeness (QED) is 0.520. The summed E-state index contributed by atoms with van der Waals surface area (Å²) >= 11 is 0. The molecule has 0 heterocycles. The molecule has 0 radical (unpaired) electrons. The fourth-order valence-electron chi connectivity index (χ4n) is 1.50. The molecule has 0 fully saturated rings. The van der Waals surface area contributed by atoms with Crippen LogP contribution in [0, 0.1) is 10.1 Å². The summed E-state index contributed by atoms with van der Waals surface area (Å²) in [4.78, 5) is 33.7. The van der Waals surface area contributed by atoms with E-state index in [1.807, 2.05) is 0 Å². The molecule has 1 aromatic rings. The highest BCUT2D eigenvalue weighted by Crippen LogP contribution is 2.14. The molecule has 1 rings (SSSR count). The van der Waals surface area contributed by atoms with Crippen molar-refractivity contribution in [3.05, 3.63) is 39.9 Å². The number of hydrogen-bond acceptors (Lipinski definition) is 5. The van der Waals surface area contributed by atoms with Crippen molar-refractivity contribution in [1.29, 1.82) is 0 Å². The molecule has 0 aliphatic heterocycles. The molecule has 21 heavy (non-hydrogen) atoms. The molecule has 1 amide bonds. The number of hydrogen-bond donors (Lipinski definition) is 1. The second kappa shape index (κ2) is 6.34. The predicted octanol–water partition coefficient (Wildman–Crippen LogP) is 2.05. The van der Waals surface area contributed by atoms with Gasteiger partial charge in [0.25, 0.3) is 11.6 Å². The van der Waals surface area contributed by atoms with Crippen LogP contribution in [0.25, 0.3) is 0 Å². The van der Waals surface area contributed by atoms with Crippen LogP contribution < -0.4 is 5.32 Å². The molecular weight excluding hydrogens is 276 g/mol. The van der Waals surface area contributed by atoms with Crippen LogP contribution >= 0.6 is 0 Å². The van der Waals surface area contributed by atoms with E-state index in [0.29, 0.717) is 0 Å². The van der Waals surface area contributed by atoms with Gasteiger partial charge in [0, 0.05) is 17.7 Å². The number of amides is 1. The molecule has 0 aromatic heterocycles. The van der Waals surface area contributed by atoms with Gasteiger partial charge in [0.15, 0.2) is 6.10 Å². The van der Waals surface area contributed by atoms with Gasteiger partial charge < -0.3 is 10.1 Å². The van der Waals surface area contributed by atoms with E-state index in [-0.39, 0.29) is 11.3 Å². The Kier molecular flexibility index (Phi) is 5.02. The van der Waals surface area contributed by atoms with E-state index in [1.54, 1.807) is 20.8 Å². The van der Waals surface area contributed by atoms with Gasteiger partial charge in [-0.2, -0.15) is 0 Å². The Morgan fingerprint density at radius 2 is 1.95 bits per heavy atom. The van der Waals surface area contributed by atoms with Gasteiger partial charge in [-0.15, -0.1) is 0 Å². The third kappa shape index (κ3) is 5.21. The summed E-state index contributed by atoms with van der Waals surface area (Å²) in [7, 11) is 0. The number of nitrogens with one attached hydrogen (secondary N) is 1. The number of ether oxygens (including phenoxy) is 1. The lowest BCUT2D eigenvalue weighted by Gasteiger charge is -2.23. The highest BCUT2D eigenvalue weighted by molar-refractivity contribution is 5.92. The molecule has 0 aliphatic rings. The fraction of sp³-hybridized carbons (Fsp3) is 0.429. The van der Waals surface area contributed by atoms with Gasteiger partial charge in [0.05, 0.1) is 10.5 Å². The van der Waals surface area contributed by atoms with Gasteiger partial charge in [0.1, 0.15) is 0 Å². The molecule has 0 saturated heterocycles. The first-order valence-corrected chi connectivity index (χ1v) is 6.37. The number of nitro groups is 1. The Bertz CT molecular complexity index is 563. The van der Waals surface area contributed by atoms with Crippen LogP contribution in [0.1, 0.15) is 38.1 Å². The van der Waals surface area contributed by atoms with Gasteiger partial charge >= 0.3 is 5.97 Å². The summed E-state index contributed by atoms with van der Waals surface area (Å²) in [6.07, 6.45) is -0.990. The number of benzene rings is 1. The van der Waals surface area contributed by atoms with Crippen LogP contribution in [0.5, 0.6) is 0 Å². The Morgan fingerprint density at radius 3 is 2.48 bits per heavy atom. The van der Waals surface area contributed by atoms with Gasteiger partial charge in [-0.25, -0.2) is 4.79 Å². The van der Waals surface area contributed by atoms with Gasteiger partial charge in [0.2, 0.25) is 0 Å². The highest BCUT2D eigenvalue weighted by atomic mass is 16.6. The number of rotatable bonds is 4. The number of non-ortho nitro benzene ring substituents is 1. The second-order valence-electron chi connectivity index (χ2n) is 5.59. The summed E-state index contributed by atoms with van der Waals surface area (Å²) in [6, 6.07) is 5.15. The number of nitro benzene ring substituents is 1. The molecule has 0 bridgehead atoms. The lowest BCUT2D eigenvalue weighted by molar-refractivity contribution is -0.384. The fourth-order valence-corrected chi connectivity index (χ4v) is 1.50. The van der Waals surface area contributed by atoms with Gasteiger partial charge in [-0.3, -0.25) is 14.9 Å². The molecular formula is C14H18N2O5. The summed E-state index contributed by atoms with van der Waals surface area (Å²) < 4.78 is 5.01. The maximum Gasteiger partial charge on any atom is 0.339 e. The van der Waals surface area contributed by atoms with E-state index in [9.17, 15) is 19.7 Å². The Morgan fingerprint density at radius 1 is 1.33 bits per heavy atom. The summed E-state index contributed by atoms with van der Waals surface area (Å²) in [6.45, 7) is 6.86. The first-order valence-electron chi connectivity index (χ1n) is 6.37. The van der Waals surface area contributed by atoms with Crippen molar-refractivity contribution in [2.45, 2.75) is 39.3 Å². The van der Waals surface area contributed by atoms with E-state index >= 15 is 0 Å². The molecule has 0 aliphatic carbocycles. The van der Waals surface area contributed by atoms with Gasteiger partial charge in [-0.1, -0.05) is 6.07 Å². The van der Waals surface area contributed by atoms with Crippen molar-refractivity contribution in [1.82, 2.24) is 5.32 Å². The minimum absolute atomic E-state index is 0.0274. The Balaban J connectivity index is 2.75. The van der Waals surface area contributed by atoms with Crippen LogP contribution in [0.3, 0.4) is 0 Å². The summed E-state index contributed by atoms with van der Waals surface area (Å²) in [5.41, 5.74) is -0.626. The van der Waals surface area contributed by atoms with E-state index in [2.05, 4.69) is 5.32 Å². The third-order valence-electron chi connectivity index (χ3n) is 2.44. The number of esters is 1. The van der Waals surface area contributed by atoms with Crippen LogP contribution in [0.2, 0.25) is 0 Å². The molecule has 1 N–H and O–H groups in total. The number of carbonyl (C=O) groups is 2. The maximum absolute atomic E-state index is 11.9. The van der Waals surface area contributed by atoms with Crippen molar-refractivity contribution in [3.63, 3.8) is 0 Å². The predicted molar refractivity (Wildman–Crippen MR) is 75.9 cm³/mol. The average Bonchev–Trinajstić information content (AvgIpc) is 2.36. The molecule has 1 unspecified atom stereocenters. The molecule has 1 aromatic carbocycles. The number of nitrogens with zero attached hydrogens (tertiary/aromatic N) is 1. The average molecular weight is 294 g/mol. The summed E-state index contributed by atoms with van der Waals surface area (Å²) in [5, 5.41) is 13.3. The Labute approximate surface area is 122 Å².